The largest absolute Gasteiger partial charge is 0.331 e. The van der Waals surface area contributed by atoms with Gasteiger partial charge in [-0.15, -0.1) is 11.3 Å². The van der Waals surface area contributed by atoms with E-state index in [1.807, 2.05) is 13.0 Å². The molecule has 0 radical (unpaired) electrons. The Morgan fingerprint density at radius 2 is 1.96 bits per heavy atom. The summed E-state index contributed by atoms with van der Waals surface area (Å²) in [7, 11) is 0. The van der Waals surface area contributed by atoms with Crippen LogP contribution in [0.2, 0.25) is 0 Å². The highest BCUT2D eigenvalue weighted by molar-refractivity contribution is 7.80. The highest BCUT2D eigenvalue weighted by Gasteiger charge is 2.11. The molecule has 0 aliphatic carbocycles. The molecule has 0 aliphatic heterocycles. The third-order valence-electron chi connectivity index (χ3n) is 3.28. The van der Waals surface area contributed by atoms with Crippen molar-refractivity contribution in [3.8, 4) is 0 Å². The van der Waals surface area contributed by atoms with Crippen molar-refractivity contribution < 1.29 is 9.18 Å². The van der Waals surface area contributed by atoms with Gasteiger partial charge >= 0.3 is 0 Å². The molecule has 4 nitrogen and oxygen atoms in total. The lowest BCUT2D eigenvalue weighted by molar-refractivity contribution is 0.0948. The van der Waals surface area contributed by atoms with Crippen molar-refractivity contribution in [2.75, 3.05) is 5.32 Å². The molecule has 0 saturated carbocycles. The number of thiophene rings is 1. The SMILES string of the molecule is CCc1sc(C(=O)NNC(=S)Nc2ccc(C)c(F)c2)cc1C. The van der Waals surface area contributed by atoms with E-state index in [9.17, 15) is 9.18 Å². The molecule has 0 fully saturated rings. The molecule has 0 aliphatic rings. The summed E-state index contributed by atoms with van der Waals surface area (Å²) in [6.07, 6.45) is 0.899. The molecule has 0 atom stereocenters. The fraction of sp³-hybridized carbons (Fsp3) is 0.250. The minimum atomic E-state index is -0.317. The zero-order valence-corrected chi connectivity index (χ0v) is 14.8. The van der Waals surface area contributed by atoms with Crippen molar-refractivity contribution in [2.45, 2.75) is 27.2 Å². The molecule has 1 heterocycles. The van der Waals surface area contributed by atoms with Crippen LogP contribution in [-0.2, 0) is 6.42 Å². The van der Waals surface area contributed by atoms with Crippen molar-refractivity contribution in [1.29, 1.82) is 0 Å². The monoisotopic (exact) mass is 351 g/mol. The van der Waals surface area contributed by atoms with Crippen molar-refractivity contribution in [3.63, 3.8) is 0 Å². The number of hydrogen-bond donors (Lipinski definition) is 3. The van der Waals surface area contributed by atoms with Crippen LogP contribution in [0.1, 0.15) is 32.6 Å². The van der Waals surface area contributed by atoms with Crippen LogP contribution in [0, 0.1) is 19.7 Å². The molecular formula is C16H18FN3OS2. The van der Waals surface area contributed by atoms with Crippen LogP contribution in [0.5, 0.6) is 0 Å². The predicted molar refractivity (Wildman–Crippen MR) is 96.4 cm³/mol. The Labute approximate surface area is 144 Å². The number of carbonyl (C=O) groups is 1. The summed E-state index contributed by atoms with van der Waals surface area (Å²) in [4.78, 5) is 13.9. The lowest BCUT2D eigenvalue weighted by atomic mass is 10.2. The number of anilines is 1. The number of carbonyl (C=O) groups excluding carboxylic acids is 1. The predicted octanol–water partition coefficient (Wildman–Crippen LogP) is 3.70. The van der Waals surface area contributed by atoms with Crippen LogP contribution in [0.15, 0.2) is 24.3 Å². The van der Waals surface area contributed by atoms with E-state index in [1.165, 1.54) is 22.3 Å². The topological polar surface area (TPSA) is 53.2 Å². The molecule has 2 rings (SSSR count). The summed E-state index contributed by atoms with van der Waals surface area (Å²) in [5, 5.41) is 3.00. The molecular weight excluding hydrogens is 333 g/mol. The first-order valence-electron chi connectivity index (χ1n) is 7.13. The molecule has 0 spiro atoms. The number of halogens is 1. The Balaban J connectivity index is 1.90. The van der Waals surface area contributed by atoms with Crippen LogP contribution in [0.25, 0.3) is 0 Å². The van der Waals surface area contributed by atoms with Gasteiger partial charge in [-0.3, -0.25) is 15.6 Å². The number of nitrogens with one attached hydrogen (secondary N) is 3. The van der Waals surface area contributed by atoms with Crippen LogP contribution in [0.3, 0.4) is 0 Å². The van der Waals surface area contributed by atoms with Crippen molar-refractivity contribution in [3.05, 3.63) is 51.0 Å². The number of rotatable bonds is 3. The average Bonchev–Trinajstić information content (AvgIpc) is 2.89. The molecule has 1 aromatic heterocycles. The lowest BCUT2D eigenvalue weighted by Gasteiger charge is -2.11. The van der Waals surface area contributed by atoms with Gasteiger partial charge in [-0.1, -0.05) is 13.0 Å². The second-order valence-electron chi connectivity index (χ2n) is 5.07. The van der Waals surface area contributed by atoms with E-state index in [0.717, 1.165) is 12.0 Å². The molecule has 23 heavy (non-hydrogen) atoms. The molecule has 0 unspecified atom stereocenters. The molecule has 1 aromatic carbocycles. The van der Waals surface area contributed by atoms with Crippen LogP contribution in [-0.4, -0.2) is 11.0 Å². The number of hydrazine groups is 1. The first-order valence-corrected chi connectivity index (χ1v) is 8.36. The Morgan fingerprint density at radius 3 is 2.57 bits per heavy atom. The minimum absolute atomic E-state index is 0.186. The van der Waals surface area contributed by atoms with Gasteiger partial charge in [0.25, 0.3) is 5.91 Å². The van der Waals surface area contributed by atoms with E-state index in [4.69, 9.17) is 12.2 Å². The minimum Gasteiger partial charge on any atom is -0.331 e. The summed E-state index contributed by atoms with van der Waals surface area (Å²) < 4.78 is 13.5. The number of hydrogen-bond acceptors (Lipinski definition) is 3. The molecule has 122 valence electrons. The van der Waals surface area contributed by atoms with E-state index in [2.05, 4.69) is 23.1 Å². The number of benzene rings is 1. The van der Waals surface area contributed by atoms with E-state index < -0.39 is 0 Å². The number of aryl methyl sites for hydroxylation is 3. The van der Waals surface area contributed by atoms with Gasteiger partial charge in [0.1, 0.15) is 5.82 Å². The molecule has 1 amide bonds. The average molecular weight is 351 g/mol. The molecule has 3 N–H and O–H groups in total. The second kappa shape index (κ2) is 7.52. The smallest absolute Gasteiger partial charge is 0.279 e. The van der Waals surface area contributed by atoms with Gasteiger partial charge in [0, 0.05) is 10.6 Å². The van der Waals surface area contributed by atoms with E-state index in [1.54, 1.807) is 19.1 Å². The fourth-order valence-electron chi connectivity index (χ4n) is 1.99. The molecule has 0 bridgehead atoms. The molecule has 7 heteroatoms. The lowest BCUT2D eigenvalue weighted by Crippen LogP contribution is -2.43. The first-order chi connectivity index (χ1) is 10.9. The summed E-state index contributed by atoms with van der Waals surface area (Å²) in [6.45, 7) is 5.72. The van der Waals surface area contributed by atoms with Crippen LogP contribution >= 0.6 is 23.6 Å². The summed E-state index contributed by atoms with van der Waals surface area (Å²) in [5.74, 6) is -0.569. The van der Waals surface area contributed by atoms with Crippen LogP contribution in [0.4, 0.5) is 10.1 Å². The maximum Gasteiger partial charge on any atom is 0.279 e. The third-order valence-corrected chi connectivity index (χ3v) is 4.87. The van der Waals surface area contributed by atoms with Gasteiger partial charge in [0.15, 0.2) is 5.11 Å². The van der Waals surface area contributed by atoms with Crippen molar-refractivity contribution in [1.82, 2.24) is 10.9 Å². The highest BCUT2D eigenvalue weighted by atomic mass is 32.1. The maximum atomic E-state index is 13.5. The maximum absolute atomic E-state index is 13.5. The van der Waals surface area contributed by atoms with Gasteiger partial charge in [-0.2, -0.15) is 0 Å². The Morgan fingerprint density at radius 1 is 1.22 bits per heavy atom. The van der Waals surface area contributed by atoms with E-state index in [-0.39, 0.29) is 16.8 Å². The Bertz CT molecular complexity index is 743. The molecule has 2 aromatic rings. The van der Waals surface area contributed by atoms with Crippen molar-refractivity contribution in [2.24, 2.45) is 0 Å². The van der Waals surface area contributed by atoms with Gasteiger partial charge in [-0.25, -0.2) is 4.39 Å². The van der Waals surface area contributed by atoms with Gasteiger partial charge < -0.3 is 5.32 Å². The van der Waals surface area contributed by atoms with Gasteiger partial charge in [0.2, 0.25) is 0 Å². The van der Waals surface area contributed by atoms with Gasteiger partial charge in [0.05, 0.1) is 4.88 Å². The zero-order valence-electron chi connectivity index (χ0n) is 13.1. The summed E-state index contributed by atoms with van der Waals surface area (Å²) in [6, 6.07) is 6.57. The van der Waals surface area contributed by atoms with Crippen LogP contribution < -0.4 is 16.2 Å². The molecule has 0 saturated heterocycles. The number of thiocarbonyl (C=S) groups is 1. The van der Waals surface area contributed by atoms with E-state index >= 15 is 0 Å². The fourth-order valence-corrected chi connectivity index (χ4v) is 3.17. The first kappa shape index (κ1) is 17.4. The van der Waals surface area contributed by atoms with Gasteiger partial charge in [-0.05, 0) is 61.8 Å². The standard InChI is InChI=1S/C16H18FN3OS2/c1-4-13-10(3)7-14(23-13)15(21)19-20-16(22)18-11-6-5-9(2)12(17)8-11/h5-8H,4H2,1-3H3,(H,19,21)(H2,18,20,22). The number of amides is 1. The van der Waals surface area contributed by atoms with E-state index in [0.29, 0.717) is 16.1 Å². The summed E-state index contributed by atoms with van der Waals surface area (Å²) >= 11 is 6.54. The summed E-state index contributed by atoms with van der Waals surface area (Å²) in [5.41, 5.74) is 7.33. The third kappa shape index (κ3) is 4.49. The highest BCUT2D eigenvalue weighted by Crippen LogP contribution is 2.22. The van der Waals surface area contributed by atoms with Crippen molar-refractivity contribution >= 4 is 40.3 Å². The zero-order chi connectivity index (χ0) is 17.0. The normalized spacial score (nSPS) is 10.3. The Kier molecular flexibility index (Phi) is 5.68. The second-order valence-corrected chi connectivity index (χ2v) is 6.61. The quantitative estimate of drug-likeness (QED) is 0.583. The Hall–Kier alpha value is -1.99.